The first-order valence-electron chi connectivity index (χ1n) is 7.37. The molecular weight excluding hydrogens is 300 g/mol. The van der Waals surface area contributed by atoms with E-state index in [9.17, 15) is 9.13 Å². The highest BCUT2D eigenvalue weighted by Gasteiger charge is 2.41. The summed E-state index contributed by atoms with van der Waals surface area (Å²) in [5.41, 5.74) is 0. The Labute approximate surface area is 122 Å². The summed E-state index contributed by atoms with van der Waals surface area (Å²) in [6.45, 7) is 7.59. The highest BCUT2D eigenvalue weighted by atomic mass is 31.2. The second-order valence-corrected chi connectivity index (χ2v) is 9.63. The molecule has 0 aromatic heterocycles. The third kappa shape index (κ3) is 5.25. The first-order chi connectivity index (χ1) is 9.49. The smallest absolute Gasteiger partial charge is 0.317 e. The van der Waals surface area contributed by atoms with Crippen LogP contribution in [0.5, 0.6) is 0 Å². The van der Waals surface area contributed by atoms with Crippen molar-refractivity contribution >= 4 is 15.1 Å². The van der Waals surface area contributed by atoms with Crippen molar-refractivity contribution < 1.29 is 22.7 Å². The second-order valence-electron chi connectivity index (χ2n) is 4.66. The maximum atomic E-state index is 13.1. The van der Waals surface area contributed by atoms with E-state index >= 15 is 0 Å². The predicted octanol–water partition coefficient (Wildman–Crippen LogP) is 3.93. The van der Waals surface area contributed by atoms with Crippen molar-refractivity contribution in [1.29, 1.82) is 0 Å². The van der Waals surface area contributed by atoms with E-state index in [0.717, 1.165) is 32.4 Å². The van der Waals surface area contributed by atoms with Gasteiger partial charge in [0.25, 0.3) is 7.52 Å². The Morgan fingerprint density at radius 2 is 1.35 bits per heavy atom. The fourth-order valence-electron chi connectivity index (χ4n) is 2.33. The Bertz CT molecular complexity index is 361. The molecule has 1 atom stereocenters. The number of nitrogens with zero attached hydrogens (tertiary/aromatic N) is 1. The van der Waals surface area contributed by atoms with Crippen molar-refractivity contribution in [2.24, 2.45) is 0 Å². The van der Waals surface area contributed by atoms with Gasteiger partial charge in [-0.25, -0.2) is 4.67 Å². The lowest BCUT2D eigenvalue weighted by molar-refractivity contribution is 0.217. The quantitative estimate of drug-likeness (QED) is 0.598. The lowest BCUT2D eigenvalue weighted by Crippen LogP contribution is -2.29. The van der Waals surface area contributed by atoms with Gasteiger partial charge in [0, 0.05) is 13.1 Å². The molecule has 0 radical (unpaired) electrons. The van der Waals surface area contributed by atoms with Crippen molar-refractivity contribution in [3.8, 4) is 0 Å². The summed E-state index contributed by atoms with van der Waals surface area (Å²) in [6, 6.07) is 0. The maximum absolute atomic E-state index is 13.1. The van der Waals surface area contributed by atoms with Crippen LogP contribution in [0.15, 0.2) is 0 Å². The molecule has 0 saturated carbocycles. The molecule has 1 heterocycles. The van der Waals surface area contributed by atoms with Gasteiger partial charge in [-0.1, -0.05) is 6.42 Å². The molecule has 1 saturated heterocycles. The van der Waals surface area contributed by atoms with Crippen LogP contribution in [0.1, 0.15) is 40.0 Å². The van der Waals surface area contributed by atoms with E-state index in [0.29, 0.717) is 6.61 Å². The second kappa shape index (κ2) is 8.67. The molecule has 0 bridgehead atoms. The summed E-state index contributed by atoms with van der Waals surface area (Å²) in [5.74, 6) is -0.157. The van der Waals surface area contributed by atoms with Gasteiger partial charge in [-0.3, -0.25) is 9.13 Å². The van der Waals surface area contributed by atoms with Crippen LogP contribution >= 0.6 is 15.1 Å². The van der Waals surface area contributed by atoms with E-state index in [1.54, 1.807) is 20.8 Å². The van der Waals surface area contributed by atoms with Gasteiger partial charge in [-0.15, -0.1) is 0 Å². The first kappa shape index (κ1) is 18.3. The molecule has 120 valence electrons. The fourth-order valence-corrected chi connectivity index (χ4v) is 8.09. The molecule has 0 aliphatic carbocycles. The van der Waals surface area contributed by atoms with Crippen molar-refractivity contribution in [1.82, 2.24) is 4.67 Å². The third-order valence-corrected chi connectivity index (χ3v) is 9.14. The van der Waals surface area contributed by atoms with Crippen molar-refractivity contribution in [2.75, 3.05) is 38.8 Å². The summed E-state index contributed by atoms with van der Waals surface area (Å²) in [4.78, 5) is 0. The molecule has 0 spiro atoms. The summed E-state index contributed by atoms with van der Waals surface area (Å²) >= 11 is 0. The molecule has 6 nitrogen and oxygen atoms in total. The van der Waals surface area contributed by atoms with Gasteiger partial charge >= 0.3 is 7.60 Å². The predicted molar refractivity (Wildman–Crippen MR) is 80.4 cm³/mol. The number of hydrogen-bond donors (Lipinski definition) is 0. The molecule has 1 aliphatic heterocycles. The highest BCUT2D eigenvalue weighted by Crippen LogP contribution is 2.65. The van der Waals surface area contributed by atoms with E-state index in [1.807, 2.05) is 4.67 Å². The monoisotopic (exact) mass is 327 g/mol. The number of hydrogen-bond acceptors (Lipinski definition) is 5. The van der Waals surface area contributed by atoms with Gasteiger partial charge in [-0.05, 0) is 33.6 Å². The zero-order chi connectivity index (χ0) is 15.1. The summed E-state index contributed by atoms with van der Waals surface area (Å²) in [6.07, 6.45) is 3.12. The third-order valence-electron chi connectivity index (χ3n) is 3.10. The van der Waals surface area contributed by atoms with Gasteiger partial charge in [0.05, 0.1) is 19.8 Å². The number of rotatable bonds is 9. The van der Waals surface area contributed by atoms with Crippen molar-refractivity contribution in [3.05, 3.63) is 0 Å². The van der Waals surface area contributed by atoms with E-state index < -0.39 is 15.1 Å². The van der Waals surface area contributed by atoms with Gasteiger partial charge in [0.1, 0.15) is 5.90 Å². The van der Waals surface area contributed by atoms with E-state index in [1.165, 1.54) is 0 Å². The molecule has 0 N–H and O–H groups in total. The largest absolute Gasteiger partial charge is 0.341 e. The van der Waals surface area contributed by atoms with Gasteiger partial charge < -0.3 is 13.6 Å². The van der Waals surface area contributed by atoms with Crippen LogP contribution in [0, 0.1) is 0 Å². The molecule has 1 unspecified atom stereocenters. The minimum Gasteiger partial charge on any atom is -0.317 e. The molecule has 0 aromatic carbocycles. The molecule has 1 rings (SSSR count). The average molecular weight is 327 g/mol. The Hall–Kier alpha value is 0.300. The molecular formula is C12H27NO5P2. The SMILES string of the molecule is CCOP(=O)(CP(=O)(OCC)N1CCCCC1)OCC. The lowest BCUT2D eigenvalue weighted by atomic mass is 10.2. The molecule has 8 heteroatoms. The average Bonchev–Trinajstić information content (AvgIpc) is 2.40. The topological polar surface area (TPSA) is 65.1 Å². The van der Waals surface area contributed by atoms with Crippen LogP contribution in [0.2, 0.25) is 0 Å². The van der Waals surface area contributed by atoms with Gasteiger partial charge in [0.2, 0.25) is 0 Å². The zero-order valence-electron chi connectivity index (χ0n) is 12.7. The summed E-state index contributed by atoms with van der Waals surface area (Å²) in [5, 5.41) is 0. The van der Waals surface area contributed by atoms with Crippen LogP contribution in [-0.2, 0) is 22.7 Å². The normalized spacial score (nSPS) is 20.8. The minimum absolute atomic E-state index is 0.157. The lowest BCUT2D eigenvalue weighted by Gasteiger charge is -2.34. The molecule has 20 heavy (non-hydrogen) atoms. The van der Waals surface area contributed by atoms with Crippen LogP contribution in [-0.4, -0.2) is 43.5 Å². The minimum atomic E-state index is -3.37. The molecule has 1 aliphatic rings. The van der Waals surface area contributed by atoms with Crippen LogP contribution < -0.4 is 0 Å². The van der Waals surface area contributed by atoms with Crippen molar-refractivity contribution in [3.63, 3.8) is 0 Å². The van der Waals surface area contributed by atoms with Crippen molar-refractivity contribution in [2.45, 2.75) is 40.0 Å². The summed E-state index contributed by atoms with van der Waals surface area (Å²) in [7, 11) is -6.52. The first-order valence-corrected chi connectivity index (χ1v) is 10.9. The Balaban J connectivity index is 2.87. The maximum Gasteiger partial charge on any atom is 0.341 e. The molecule has 0 amide bonds. The van der Waals surface area contributed by atoms with Crippen LogP contribution in [0.3, 0.4) is 0 Å². The summed E-state index contributed by atoms with van der Waals surface area (Å²) < 4.78 is 43.6. The van der Waals surface area contributed by atoms with E-state index in [2.05, 4.69) is 0 Å². The highest BCUT2D eigenvalue weighted by molar-refractivity contribution is 7.72. The van der Waals surface area contributed by atoms with Gasteiger partial charge in [-0.2, -0.15) is 0 Å². The number of piperidine rings is 1. The van der Waals surface area contributed by atoms with E-state index in [-0.39, 0.29) is 19.1 Å². The van der Waals surface area contributed by atoms with Crippen LogP contribution in [0.4, 0.5) is 0 Å². The molecule has 1 fully saturated rings. The van der Waals surface area contributed by atoms with Gasteiger partial charge in [0.15, 0.2) is 0 Å². The van der Waals surface area contributed by atoms with E-state index in [4.69, 9.17) is 13.6 Å². The standard InChI is InChI=1S/C12H27NO5P2/c1-4-16-19(14,13-10-8-7-9-11-13)12-20(15,17-5-2)18-6-3/h4-12H2,1-3H3. The fraction of sp³-hybridized carbons (Fsp3) is 1.00. The Morgan fingerprint density at radius 1 is 0.850 bits per heavy atom. The molecule has 0 aromatic rings. The Kier molecular flexibility index (Phi) is 7.96. The zero-order valence-corrected chi connectivity index (χ0v) is 14.5. The van der Waals surface area contributed by atoms with Crippen LogP contribution in [0.25, 0.3) is 0 Å². The Morgan fingerprint density at radius 3 is 1.80 bits per heavy atom.